The monoisotopic (exact) mass is 362 g/mol. The first-order chi connectivity index (χ1) is 12.9. The molecule has 0 bridgehead atoms. The SMILES string of the molecule is [C-]#[N+]c1nc(N=Nc2ccc(N(C)C)cc2NC(C)=O)n(CC=C)c1[N+]#[C-]. The molecule has 0 aliphatic carbocycles. The van der Waals surface area contributed by atoms with E-state index >= 15 is 0 Å². The predicted molar refractivity (Wildman–Crippen MR) is 104 cm³/mol. The van der Waals surface area contributed by atoms with Crippen LogP contribution in [0.25, 0.3) is 9.69 Å². The molecule has 1 N–H and O–H groups in total. The Hall–Kier alpha value is -3.98. The van der Waals surface area contributed by atoms with Crippen molar-refractivity contribution in [3.8, 4) is 0 Å². The molecule has 1 aromatic heterocycles. The first-order valence-corrected chi connectivity index (χ1v) is 7.88. The summed E-state index contributed by atoms with van der Waals surface area (Å²) in [5, 5.41) is 11.0. The summed E-state index contributed by atoms with van der Waals surface area (Å²) in [5.74, 6) is -0.0619. The van der Waals surface area contributed by atoms with Crippen molar-refractivity contribution in [1.82, 2.24) is 9.55 Å². The average molecular weight is 362 g/mol. The van der Waals surface area contributed by atoms with Crippen LogP contribution >= 0.6 is 0 Å². The molecule has 0 aliphatic rings. The van der Waals surface area contributed by atoms with Crippen LogP contribution < -0.4 is 10.2 Å². The smallest absolute Gasteiger partial charge is 0.378 e. The van der Waals surface area contributed by atoms with E-state index in [1.54, 1.807) is 18.2 Å². The van der Waals surface area contributed by atoms with Gasteiger partial charge in [-0.25, -0.2) is 4.57 Å². The van der Waals surface area contributed by atoms with Crippen molar-refractivity contribution in [2.45, 2.75) is 13.5 Å². The molecule has 1 heterocycles. The Kier molecular flexibility index (Phi) is 6.02. The molecule has 0 unspecified atom stereocenters. The third kappa shape index (κ3) is 4.35. The van der Waals surface area contributed by atoms with Gasteiger partial charge in [-0.15, -0.1) is 5.11 Å². The van der Waals surface area contributed by atoms with Gasteiger partial charge in [0.2, 0.25) is 5.91 Å². The summed E-state index contributed by atoms with van der Waals surface area (Å²) in [4.78, 5) is 24.1. The Labute approximate surface area is 157 Å². The molecule has 136 valence electrons. The lowest BCUT2D eigenvalue weighted by atomic mass is 10.2. The maximum Gasteiger partial charge on any atom is 0.417 e. The molecule has 9 nitrogen and oxygen atoms in total. The van der Waals surface area contributed by atoms with Crippen LogP contribution in [0.15, 0.2) is 41.1 Å². The van der Waals surface area contributed by atoms with E-state index in [0.717, 1.165) is 5.69 Å². The van der Waals surface area contributed by atoms with Crippen LogP contribution in [0.3, 0.4) is 0 Å². The Morgan fingerprint density at radius 3 is 2.67 bits per heavy atom. The van der Waals surface area contributed by atoms with Crippen molar-refractivity contribution in [3.63, 3.8) is 0 Å². The van der Waals surface area contributed by atoms with Crippen LogP contribution in [-0.2, 0) is 11.3 Å². The van der Waals surface area contributed by atoms with Crippen molar-refractivity contribution >= 4 is 40.6 Å². The number of aromatic nitrogens is 2. The van der Waals surface area contributed by atoms with E-state index in [1.165, 1.54) is 11.5 Å². The minimum absolute atomic E-state index is 0.0363. The summed E-state index contributed by atoms with van der Waals surface area (Å²) in [5.41, 5.74) is 1.81. The van der Waals surface area contributed by atoms with Gasteiger partial charge in [0.15, 0.2) is 0 Å². The number of nitrogens with one attached hydrogen (secondary N) is 1. The predicted octanol–water partition coefficient (Wildman–Crippen LogP) is 4.61. The fourth-order valence-corrected chi connectivity index (χ4v) is 2.26. The molecule has 0 radical (unpaired) electrons. The molecule has 1 amide bonds. The normalized spacial score (nSPS) is 10.3. The van der Waals surface area contributed by atoms with E-state index in [9.17, 15) is 4.79 Å². The molecule has 0 spiro atoms. The van der Waals surface area contributed by atoms with Gasteiger partial charge in [-0.05, 0) is 18.2 Å². The number of hydrogen-bond donors (Lipinski definition) is 1. The van der Waals surface area contributed by atoms with Crippen molar-refractivity contribution in [1.29, 1.82) is 0 Å². The third-order valence-corrected chi connectivity index (χ3v) is 3.48. The van der Waals surface area contributed by atoms with Gasteiger partial charge in [0.1, 0.15) is 5.69 Å². The second kappa shape index (κ2) is 8.41. The highest BCUT2D eigenvalue weighted by molar-refractivity contribution is 5.92. The Morgan fingerprint density at radius 1 is 1.37 bits per heavy atom. The van der Waals surface area contributed by atoms with Gasteiger partial charge in [-0.3, -0.25) is 4.79 Å². The fraction of sp³-hybridized carbons (Fsp3) is 0.222. The molecule has 0 saturated heterocycles. The van der Waals surface area contributed by atoms with Gasteiger partial charge in [0, 0.05) is 26.7 Å². The topological polar surface area (TPSA) is 83.6 Å². The van der Waals surface area contributed by atoms with Crippen LogP contribution in [0, 0.1) is 13.1 Å². The Balaban J connectivity index is 2.50. The van der Waals surface area contributed by atoms with E-state index in [0.29, 0.717) is 11.4 Å². The number of benzene rings is 1. The van der Waals surface area contributed by atoms with E-state index in [2.05, 4.69) is 36.8 Å². The maximum absolute atomic E-state index is 11.5. The highest BCUT2D eigenvalue weighted by Crippen LogP contribution is 2.35. The molecule has 2 aromatic rings. The molecule has 27 heavy (non-hydrogen) atoms. The number of nitrogens with zero attached hydrogens (tertiary/aromatic N) is 7. The first kappa shape index (κ1) is 19.3. The minimum Gasteiger partial charge on any atom is -0.378 e. The van der Waals surface area contributed by atoms with Crippen molar-refractivity contribution in [2.75, 3.05) is 24.3 Å². The minimum atomic E-state index is -0.235. The number of carbonyl (C=O) groups is 1. The summed E-state index contributed by atoms with van der Waals surface area (Å²) in [7, 11) is 3.77. The van der Waals surface area contributed by atoms with Crippen LogP contribution in [0.1, 0.15) is 6.92 Å². The molecule has 0 atom stereocenters. The highest BCUT2D eigenvalue weighted by Gasteiger charge is 2.21. The summed E-state index contributed by atoms with van der Waals surface area (Å²) < 4.78 is 1.46. The van der Waals surface area contributed by atoms with Crippen molar-refractivity contribution in [3.05, 3.63) is 53.7 Å². The molecule has 0 fully saturated rings. The lowest BCUT2D eigenvalue weighted by Crippen LogP contribution is -2.10. The van der Waals surface area contributed by atoms with Crippen molar-refractivity contribution < 1.29 is 4.79 Å². The van der Waals surface area contributed by atoms with Gasteiger partial charge in [0.25, 0.3) is 11.6 Å². The van der Waals surface area contributed by atoms with Crippen LogP contribution in [0.5, 0.6) is 0 Å². The van der Waals surface area contributed by atoms with Gasteiger partial charge in [0.05, 0.1) is 12.2 Å². The number of anilines is 2. The van der Waals surface area contributed by atoms with Crippen LogP contribution in [-0.4, -0.2) is 29.6 Å². The van der Waals surface area contributed by atoms with Gasteiger partial charge >= 0.3 is 5.95 Å². The Bertz CT molecular complexity index is 988. The van der Waals surface area contributed by atoms with E-state index < -0.39 is 0 Å². The zero-order valence-electron chi connectivity index (χ0n) is 15.3. The van der Waals surface area contributed by atoms with Crippen LogP contribution in [0.2, 0.25) is 0 Å². The van der Waals surface area contributed by atoms with E-state index in [-0.39, 0.29) is 30.0 Å². The number of allylic oxidation sites excluding steroid dienone is 1. The largest absolute Gasteiger partial charge is 0.417 e. The first-order valence-electron chi connectivity index (χ1n) is 7.88. The number of rotatable bonds is 6. The zero-order chi connectivity index (χ0) is 20.0. The molecular formula is C18H18N8O. The van der Waals surface area contributed by atoms with E-state index in [4.69, 9.17) is 13.1 Å². The summed E-state index contributed by atoms with van der Waals surface area (Å²) in [6, 6.07) is 5.34. The Morgan fingerprint density at radius 2 is 2.11 bits per heavy atom. The third-order valence-electron chi connectivity index (χ3n) is 3.48. The molecule has 2 rings (SSSR count). The zero-order valence-corrected chi connectivity index (χ0v) is 15.3. The standard InChI is InChI=1S/C18H18N8O/c1-7-10-26-17(20-4)16(19-3)22-18(26)24-23-14-9-8-13(25(5)6)11-15(14)21-12(2)27/h7-9,11H,1,10H2,2,5-6H3,(H,21,27). The lowest BCUT2D eigenvalue weighted by molar-refractivity contribution is -0.114. The lowest BCUT2D eigenvalue weighted by Gasteiger charge is -2.14. The number of hydrogen-bond acceptors (Lipinski definition) is 5. The van der Waals surface area contributed by atoms with Gasteiger partial charge < -0.3 is 19.9 Å². The molecule has 1 aromatic carbocycles. The molecule has 0 aliphatic heterocycles. The summed E-state index contributed by atoms with van der Waals surface area (Å²) in [6.45, 7) is 19.7. The highest BCUT2D eigenvalue weighted by atomic mass is 16.1. The fourth-order valence-electron chi connectivity index (χ4n) is 2.26. The average Bonchev–Trinajstić information content (AvgIpc) is 2.97. The number of carbonyl (C=O) groups excluding carboxylic acids is 1. The summed E-state index contributed by atoms with van der Waals surface area (Å²) in [6.07, 6.45) is 1.58. The van der Waals surface area contributed by atoms with Gasteiger partial charge in [-0.1, -0.05) is 35.9 Å². The summed E-state index contributed by atoms with van der Waals surface area (Å²) >= 11 is 0. The van der Waals surface area contributed by atoms with Crippen LogP contribution in [0.4, 0.5) is 34.6 Å². The second-order valence-corrected chi connectivity index (χ2v) is 5.66. The molecule has 0 saturated carbocycles. The van der Waals surface area contributed by atoms with Gasteiger partial charge in [-0.2, -0.15) is 0 Å². The van der Waals surface area contributed by atoms with E-state index in [1.807, 2.05) is 25.1 Å². The molecular weight excluding hydrogens is 344 g/mol. The number of amides is 1. The number of imidazole rings is 1. The second-order valence-electron chi connectivity index (χ2n) is 5.66. The van der Waals surface area contributed by atoms with Crippen molar-refractivity contribution in [2.24, 2.45) is 10.2 Å². The number of azo groups is 1. The molecule has 9 heteroatoms. The quantitative estimate of drug-likeness (QED) is 0.463. The maximum atomic E-state index is 11.5.